The Morgan fingerprint density at radius 1 is 1.13 bits per heavy atom. The second-order valence-corrected chi connectivity index (χ2v) is 7.05. The van der Waals surface area contributed by atoms with E-state index in [4.69, 9.17) is 0 Å². The number of nitrogens with zero attached hydrogens (tertiary/aromatic N) is 2. The Hall–Kier alpha value is -1.65. The summed E-state index contributed by atoms with van der Waals surface area (Å²) in [4.78, 5) is 10.0. The predicted octanol–water partition coefficient (Wildman–Crippen LogP) is 3.18. The topological polar surface area (TPSA) is 44.0 Å². The zero-order chi connectivity index (χ0) is 16.1. The molecule has 1 saturated heterocycles. The fourth-order valence-corrected chi connectivity index (χ4v) is 3.76. The van der Waals surface area contributed by atoms with E-state index in [9.17, 15) is 0 Å². The van der Waals surface area contributed by atoms with E-state index in [1.165, 1.54) is 30.6 Å². The van der Waals surface area contributed by atoms with Gasteiger partial charge < -0.3 is 10.3 Å². The summed E-state index contributed by atoms with van der Waals surface area (Å²) in [6, 6.07) is 8.80. The highest BCUT2D eigenvalue weighted by molar-refractivity contribution is 5.27. The molecule has 0 aliphatic carbocycles. The Morgan fingerprint density at radius 3 is 2.57 bits per heavy atom. The number of benzene rings is 1. The van der Waals surface area contributed by atoms with E-state index in [0.717, 1.165) is 37.3 Å². The lowest BCUT2D eigenvalue weighted by atomic mass is 9.91. The van der Waals surface area contributed by atoms with Gasteiger partial charge in [0.05, 0.1) is 6.54 Å². The van der Waals surface area contributed by atoms with Crippen LogP contribution in [0.3, 0.4) is 0 Å². The molecule has 4 nitrogen and oxygen atoms in total. The van der Waals surface area contributed by atoms with E-state index in [-0.39, 0.29) is 0 Å². The lowest BCUT2D eigenvalue weighted by Crippen LogP contribution is -2.38. The number of rotatable bonds is 6. The molecule has 0 amide bonds. The van der Waals surface area contributed by atoms with Gasteiger partial charge in [-0.05, 0) is 29.4 Å². The highest BCUT2D eigenvalue weighted by atomic mass is 15.1. The first-order valence-electron chi connectivity index (χ1n) is 8.69. The zero-order valence-electron chi connectivity index (χ0n) is 14.3. The highest BCUT2D eigenvalue weighted by Gasteiger charge is 2.22. The van der Waals surface area contributed by atoms with E-state index in [1.807, 2.05) is 6.20 Å². The van der Waals surface area contributed by atoms with Crippen LogP contribution in [0.2, 0.25) is 0 Å². The monoisotopic (exact) mass is 312 g/mol. The third-order valence-corrected chi connectivity index (χ3v) is 4.62. The molecular weight excluding hydrogens is 284 g/mol. The molecule has 4 heteroatoms. The molecule has 1 aromatic carbocycles. The van der Waals surface area contributed by atoms with Crippen molar-refractivity contribution in [2.45, 2.75) is 39.9 Å². The maximum absolute atomic E-state index is 4.25. The number of piperidine rings is 1. The van der Waals surface area contributed by atoms with Crippen molar-refractivity contribution in [3.63, 3.8) is 0 Å². The van der Waals surface area contributed by atoms with Crippen LogP contribution in [0, 0.1) is 11.8 Å². The first kappa shape index (κ1) is 16.2. The van der Waals surface area contributed by atoms with Gasteiger partial charge in [0.15, 0.2) is 0 Å². The number of H-pyrrole nitrogens is 1. The molecule has 0 radical (unpaired) electrons. The Balaban J connectivity index is 1.58. The molecule has 0 bridgehead atoms. The average Bonchev–Trinajstić information content (AvgIpc) is 3.01. The van der Waals surface area contributed by atoms with Crippen molar-refractivity contribution in [2.75, 3.05) is 13.1 Å². The van der Waals surface area contributed by atoms with Crippen molar-refractivity contribution in [2.24, 2.45) is 11.8 Å². The largest absolute Gasteiger partial charge is 0.348 e. The molecule has 1 aliphatic rings. The van der Waals surface area contributed by atoms with Gasteiger partial charge in [-0.25, -0.2) is 4.98 Å². The normalized spacial score (nSPS) is 22.3. The summed E-state index contributed by atoms with van der Waals surface area (Å²) in [6.45, 7) is 9.91. The third kappa shape index (κ3) is 4.66. The number of hydrogen-bond acceptors (Lipinski definition) is 3. The van der Waals surface area contributed by atoms with Crippen LogP contribution < -0.4 is 5.32 Å². The quantitative estimate of drug-likeness (QED) is 0.861. The Kier molecular flexibility index (Phi) is 5.47. The number of nitrogens with one attached hydrogen (secondary N) is 2. The van der Waals surface area contributed by atoms with Gasteiger partial charge in [0.2, 0.25) is 0 Å². The SMILES string of the molecule is CC1CC(C)CN(Cc2ccccc2CNCc2ncc[nH]2)C1. The minimum Gasteiger partial charge on any atom is -0.348 e. The van der Waals surface area contributed by atoms with Crippen molar-refractivity contribution in [1.82, 2.24) is 20.2 Å². The van der Waals surface area contributed by atoms with Crippen LogP contribution in [0.1, 0.15) is 37.2 Å². The van der Waals surface area contributed by atoms with Crippen LogP contribution in [-0.2, 0) is 19.6 Å². The van der Waals surface area contributed by atoms with E-state index in [0.29, 0.717) is 0 Å². The second kappa shape index (κ2) is 7.75. The molecule has 2 unspecified atom stereocenters. The van der Waals surface area contributed by atoms with Crippen LogP contribution in [-0.4, -0.2) is 28.0 Å². The number of imidazole rings is 1. The summed E-state index contributed by atoms with van der Waals surface area (Å²) in [7, 11) is 0. The molecule has 2 N–H and O–H groups in total. The first-order chi connectivity index (χ1) is 11.2. The molecule has 124 valence electrons. The number of aromatic amines is 1. The molecule has 1 fully saturated rings. The summed E-state index contributed by atoms with van der Waals surface area (Å²) >= 11 is 0. The fourth-order valence-electron chi connectivity index (χ4n) is 3.76. The van der Waals surface area contributed by atoms with Gasteiger partial charge in [-0.1, -0.05) is 38.1 Å². The number of hydrogen-bond donors (Lipinski definition) is 2. The minimum atomic E-state index is 0.777. The predicted molar refractivity (Wildman–Crippen MR) is 93.8 cm³/mol. The molecule has 1 aromatic heterocycles. The van der Waals surface area contributed by atoms with Crippen LogP contribution in [0.4, 0.5) is 0 Å². The zero-order valence-corrected chi connectivity index (χ0v) is 14.3. The molecular formula is C19H28N4. The molecule has 0 saturated carbocycles. The van der Waals surface area contributed by atoms with E-state index in [2.05, 4.69) is 58.3 Å². The summed E-state index contributed by atoms with van der Waals surface area (Å²) in [5, 5.41) is 3.49. The summed E-state index contributed by atoms with van der Waals surface area (Å²) < 4.78 is 0. The number of likely N-dealkylation sites (tertiary alicyclic amines) is 1. The maximum Gasteiger partial charge on any atom is 0.120 e. The van der Waals surface area contributed by atoms with Crippen LogP contribution in [0.25, 0.3) is 0 Å². The second-order valence-electron chi connectivity index (χ2n) is 7.05. The van der Waals surface area contributed by atoms with Crippen LogP contribution >= 0.6 is 0 Å². The minimum absolute atomic E-state index is 0.777. The van der Waals surface area contributed by atoms with Crippen LogP contribution in [0.15, 0.2) is 36.7 Å². The molecule has 1 aliphatic heterocycles. The van der Waals surface area contributed by atoms with Gasteiger partial charge in [-0.15, -0.1) is 0 Å². The Labute approximate surface area is 139 Å². The van der Waals surface area contributed by atoms with Gasteiger partial charge in [0.25, 0.3) is 0 Å². The van der Waals surface area contributed by atoms with E-state index < -0.39 is 0 Å². The lowest BCUT2D eigenvalue weighted by Gasteiger charge is -2.35. The van der Waals surface area contributed by atoms with E-state index in [1.54, 1.807) is 6.20 Å². The molecule has 0 spiro atoms. The van der Waals surface area contributed by atoms with Crippen molar-refractivity contribution < 1.29 is 0 Å². The average molecular weight is 312 g/mol. The van der Waals surface area contributed by atoms with Crippen molar-refractivity contribution in [3.8, 4) is 0 Å². The van der Waals surface area contributed by atoms with Gasteiger partial charge in [-0.2, -0.15) is 0 Å². The standard InChI is InChI=1S/C19H28N4/c1-15-9-16(2)13-23(12-15)14-18-6-4-3-5-17(18)10-20-11-19-21-7-8-22-19/h3-8,15-16,20H,9-14H2,1-2H3,(H,21,22). The van der Waals surface area contributed by atoms with Crippen molar-refractivity contribution >= 4 is 0 Å². The van der Waals surface area contributed by atoms with Gasteiger partial charge in [0.1, 0.15) is 5.82 Å². The smallest absolute Gasteiger partial charge is 0.120 e. The molecule has 23 heavy (non-hydrogen) atoms. The molecule has 2 aromatic rings. The lowest BCUT2D eigenvalue weighted by molar-refractivity contribution is 0.134. The Bertz CT molecular complexity index is 583. The molecule has 2 atom stereocenters. The Morgan fingerprint density at radius 2 is 1.87 bits per heavy atom. The van der Waals surface area contributed by atoms with Gasteiger partial charge in [0, 0.05) is 38.6 Å². The van der Waals surface area contributed by atoms with Crippen molar-refractivity contribution in [1.29, 1.82) is 0 Å². The van der Waals surface area contributed by atoms with Crippen LogP contribution in [0.5, 0.6) is 0 Å². The fraction of sp³-hybridized carbons (Fsp3) is 0.526. The summed E-state index contributed by atoms with van der Waals surface area (Å²) in [5.41, 5.74) is 2.84. The maximum atomic E-state index is 4.25. The summed E-state index contributed by atoms with van der Waals surface area (Å²) in [5.74, 6) is 2.60. The van der Waals surface area contributed by atoms with E-state index >= 15 is 0 Å². The number of aromatic nitrogens is 2. The molecule has 3 rings (SSSR count). The first-order valence-corrected chi connectivity index (χ1v) is 8.69. The van der Waals surface area contributed by atoms with Gasteiger partial charge in [-0.3, -0.25) is 4.90 Å². The molecule has 2 heterocycles. The highest BCUT2D eigenvalue weighted by Crippen LogP contribution is 2.23. The summed E-state index contributed by atoms with van der Waals surface area (Å²) in [6.07, 6.45) is 5.02. The van der Waals surface area contributed by atoms with Gasteiger partial charge >= 0.3 is 0 Å². The van der Waals surface area contributed by atoms with Crippen molar-refractivity contribution in [3.05, 3.63) is 53.6 Å². The third-order valence-electron chi connectivity index (χ3n) is 4.62.